The zero-order chi connectivity index (χ0) is 32.1. The van der Waals surface area contributed by atoms with Crippen LogP contribution >= 0.6 is 47.8 Å². The molecule has 9 heteroatoms. The van der Waals surface area contributed by atoms with Crippen molar-refractivity contribution in [1.29, 1.82) is 0 Å². The molecule has 0 amide bonds. The van der Waals surface area contributed by atoms with E-state index in [1.165, 1.54) is 0 Å². The molecule has 5 nitrogen and oxygen atoms in total. The van der Waals surface area contributed by atoms with E-state index in [0.29, 0.717) is 0 Å². The van der Waals surface area contributed by atoms with Gasteiger partial charge in [0.05, 0.1) is 11.0 Å². The largest absolute Gasteiger partial charge is 0.295 e. The first kappa shape index (κ1) is 38.9. The summed E-state index contributed by atoms with van der Waals surface area (Å²) in [5.74, 6) is 0.313. The summed E-state index contributed by atoms with van der Waals surface area (Å²) < 4.78 is 2.99. The van der Waals surface area contributed by atoms with E-state index in [-0.39, 0.29) is 66.7 Å². The number of nitrogens with zero attached hydrogens (tertiary/aromatic N) is 2. The molecule has 0 aliphatic rings. The second kappa shape index (κ2) is 20.1. The second-order valence-corrected chi connectivity index (χ2v) is 12.2. The standard InChI is InChI=1S/C12H8N2.3C8H7BrO.Eu/c1-3-9-5-6-10-4-2-8-14-12(10)11(9)13-7-1;3*1-6(10)7-2-4-8(9)5-3-7;/h1-8H;3*2-5H,1H3;. The van der Waals surface area contributed by atoms with Crippen molar-refractivity contribution in [3.05, 3.63) is 152 Å². The molecule has 229 valence electrons. The van der Waals surface area contributed by atoms with Crippen LogP contribution in [-0.4, -0.2) is 27.3 Å². The van der Waals surface area contributed by atoms with E-state index in [1.807, 2.05) is 48.5 Å². The van der Waals surface area contributed by atoms with Crippen molar-refractivity contribution in [2.75, 3.05) is 0 Å². The topological polar surface area (TPSA) is 77.0 Å². The Hall–Kier alpha value is -2.27. The maximum Gasteiger partial charge on any atom is 0.159 e. The van der Waals surface area contributed by atoms with Crippen LogP contribution in [0, 0.1) is 49.4 Å². The summed E-state index contributed by atoms with van der Waals surface area (Å²) in [5.41, 5.74) is 4.21. The molecule has 2 aromatic heterocycles. The number of carbonyl (C=O) groups is 3. The Morgan fingerprint density at radius 3 is 0.956 bits per heavy atom. The van der Waals surface area contributed by atoms with Crippen molar-refractivity contribution in [3.63, 3.8) is 0 Å². The zero-order valence-electron chi connectivity index (χ0n) is 24.7. The molecule has 0 fully saturated rings. The Balaban J connectivity index is 0.000000211. The molecule has 0 aliphatic heterocycles. The number of hydrogen-bond acceptors (Lipinski definition) is 5. The average Bonchev–Trinajstić information content (AvgIpc) is 3.02. The van der Waals surface area contributed by atoms with Crippen molar-refractivity contribution in [2.45, 2.75) is 20.8 Å². The van der Waals surface area contributed by atoms with Crippen molar-refractivity contribution in [1.82, 2.24) is 9.97 Å². The fourth-order valence-electron chi connectivity index (χ4n) is 3.73. The third-order valence-corrected chi connectivity index (χ3v) is 7.68. The van der Waals surface area contributed by atoms with Gasteiger partial charge in [-0.15, -0.1) is 0 Å². The Morgan fingerprint density at radius 1 is 0.444 bits per heavy atom. The number of Topliss-reactive ketones (excluding diaryl/α,β-unsaturated/α-hetero) is 3. The molecular weight excluding hydrogens is 900 g/mol. The van der Waals surface area contributed by atoms with Crippen LogP contribution in [0.3, 0.4) is 0 Å². The normalized spacial score (nSPS) is 9.64. The Labute approximate surface area is 329 Å². The maximum atomic E-state index is 10.7. The summed E-state index contributed by atoms with van der Waals surface area (Å²) >= 11 is 9.85. The van der Waals surface area contributed by atoms with Crippen molar-refractivity contribution in [3.8, 4) is 0 Å². The van der Waals surface area contributed by atoms with Gasteiger partial charge in [-0.25, -0.2) is 0 Å². The number of hydrogen-bond donors (Lipinski definition) is 0. The summed E-state index contributed by atoms with van der Waals surface area (Å²) in [7, 11) is 0. The predicted molar refractivity (Wildman–Crippen MR) is 189 cm³/mol. The fraction of sp³-hybridized carbons (Fsp3) is 0.0833. The van der Waals surface area contributed by atoms with E-state index in [0.717, 1.165) is 51.9 Å². The van der Waals surface area contributed by atoms with E-state index >= 15 is 0 Å². The SMILES string of the molecule is CC(=O)c1ccc(Br)cc1.CC(=O)c1ccc(Br)cc1.CC(=O)c1ccc(Br)cc1.[Eu].c1cnc2c(c1)ccc1cccnc12. The molecule has 0 saturated carbocycles. The number of fused-ring (bicyclic) bond motifs is 3. The molecule has 1 radical (unpaired) electrons. The van der Waals surface area contributed by atoms with Crippen LogP contribution in [0.25, 0.3) is 21.8 Å². The van der Waals surface area contributed by atoms with Gasteiger partial charge in [0, 0.05) is 103 Å². The van der Waals surface area contributed by atoms with Crippen LogP contribution in [0.2, 0.25) is 0 Å². The summed E-state index contributed by atoms with van der Waals surface area (Å²) in [6.45, 7) is 4.68. The van der Waals surface area contributed by atoms with Crippen LogP contribution < -0.4 is 0 Å². The van der Waals surface area contributed by atoms with Crippen molar-refractivity contribution >= 4 is 86.9 Å². The van der Waals surface area contributed by atoms with Crippen LogP contribution in [0.1, 0.15) is 51.8 Å². The molecule has 45 heavy (non-hydrogen) atoms. The van der Waals surface area contributed by atoms with Gasteiger partial charge in [0.1, 0.15) is 0 Å². The molecule has 0 N–H and O–H groups in total. The van der Waals surface area contributed by atoms with Crippen LogP contribution in [0.4, 0.5) is 0 Å². The molecule has 0 saturated heterocycles. The average molecular weight is 929 g/mol. The number of ketones is 3. The van der Waals surface area contributed by atoms with Gasteiger partial charge >= 0.3 is 0 Å². The summed E-state index contributed by atoms with van der Waals surface area (Å²) in [6, 6.07) is 34.1. The Kier molecular flexibility index (Phi) is 17.4. The van der Waals surface area contributed by atoms with E-state index in [2.05, 4.69) is 82.0 Å². The number of benzene rings is 4. The van der Waals surface area contributed by atoms with Gasteiger partial charge in [-0.1, -0.05) is 108 Å². The van der Waals surface area contributed by atoms with E-state index < -0.39 is 0 Å². The summed E-state index contributed by atoms with van der Waals surface area (Å²) in [5, 5.41) is 2.28. The van der Waals surface area contributed by atoms with E-state index in [1.54, 1.807) is 69.6 Å². The number of halogens is 3. The van der Waals surface area contributed by atoms with Gasteiger partial charge < -0.3 is 0 Å². The minimum absolute atomic E-state index is 0. The van der Waals surface area contributed by atoms with Gasteiger partial charge in [-0.2, -0.15) is 0 Å². The molecule has 2 heterocycles. The maximum absolute atomic E-state index is 10.7. The molecule has 6 rings (SSSR count). The molecule has 0 spiro atoms. The van der Waals surface area contributed by atoms with Crippen molar-refractivity contribution in [2.24, 2.45) is 0 Å². The van der Waals surface area contributed by atoms with Gasteiger partial charge in [-0.05, 0) is 69.3 Å². The summed E-state index contributed by atoms with van der Waals surface area (Å²) in [4.78, 5) is 40.9. The van der Waals surface area contributed by atoms with Gasteiger partial charge in [0.15, 0.2) is 17.3 Å². The third-order valence-electron chi connectivity index (χ3n) is 6.10. The van der Waals surface area contributed by atoms with Gasteiger partial charge in [-0.3, -0.25) is 24.4 Å². The van der Waals surface area contributed by atoms with Crippen LogP contribution in [-0.2, 0) is 0 Å². The first-order valence-electron chi connectivity index (χ1n) is 13.4. The molecule has 0 bridgehead atoms. The molecule has 0 aliphatic carbocycles. The van der Waals surface area contributed by atoms with Gasteiger partial charge in [0.25, 0.3) is 0 Å². The smallest absolute Gasteiger partial charge is 0.159 e. The number of rotatable bonds is 3. The fourth-order valence-corrected chi connectivity index (χ4v) is 4.53. The first-order valence-corrected chi connectivity index (χ1v) is 15.8. The zero-order valence-corrected chi connectivity index (χ0v) is 31.9. The molecular formula is C36H29Br3EuN2O3. The van der Waals surface area contributed by atoms with Crippen LogP contribution in [0.15, 0.2) is 135 Å². The second-order valence-electron chi connectivity index (χ2n) is 9.41. The first-order chi connectivity index (χ1) is 21.0. The Bertz CT molecular complexity index is 1680. The minimum atomic E-state index is 0. The van der Waals surface area contributed by atoms with E-state index in [9.17, 15) is 14.4 Å². The van der Waals surface area contributed by atoms with Crippen LogP contribution in [0.5, 0.6) is 0 Å². The van der Waals surface area contributed by atoms with Gasteiger partial charge in [0.2, 0.25) is 0 Å². The number of aromatic nitrogens is 2. The molecule has 4 aromatic carbocycles. The Morgan fingerprint density at radius 2 is 0.711 bits per heavy atom. The molecule has 6 aromatic rings. The molecule has 0 atom stereocenters. The third kappa shape index (κ3) is 13.2. The summed E-state index contributed by atoms with van der Waals surface area (Å²) in [6.07, 6.45) is 3.60. The monoisotopic (exact) mass is 927 g/mol. The predicted octanol–water partition coefficient (Wildman–Crippen LogP) is 10.7. The van der Waals surface area contributed by atoms with Crippen molar-refractivity contribution < 1.29 is 63.8 Å². The quantitative estimate of drug-likeness (QED) is 0.131. The van der Waals surface area contributed by atoms with E-state index in [4.69, 9.17) is 0 Å². The molecule has 0 unspecified atom stereocenters. The minimum Gasteiger partial charge on any atom is -0.295 e. The number of pyridine rings is 2. The number of carbonyl (C=O) groups excluding carboxylic acids is 3.